The second kappa shape index (κ2) is 10.8. The topological polar surface area (TPSA) is 16.1 Å². The molecule has 0 radical (unpaired) electrons. The molecule has 2 aliphatic rings. The number of benzene rings is 4. The predicted molar refractivity (Wildman–Crippen MR) is 198 cm³/mol. The summed E-state index contributed by atoms with van der Waals surface area (Å²) in [6.07, 6.45) is 10.6. The van der Waals surface area contributed by atoms with Crippen LogP contribution in [0.2, 0.25) is 0 Å². The molecule has 228 valence electrons. The monoisotopic (exact) mass is 598 g/mol. The molecule has 0 fully saturated rings. The van der Waals surface area contributed by atoms with E-state index in [1.54, 1.807) is 0 Å². The molecule has 0 unspecified atom stereocenters. The maximum Gasteiger partial charge on any atom is 0.146 e. The molecule has 4 aromatic carbocycles. The van der Waals surface area contributed by atoms with Crippen LogP contribution in [0.1, 0.15) is 70.7 Å². The maximum atomic E-state index is 5.47. The van der Waals surface area contributed by atoms with E-state index >= 15 is 0 Å². The fraction of sp³-hybridized carbons (Fsp3) is 0.205. The van der Waals surface area contributed by atoms with Gasteiger partial charge in [0.05, 0.1) is 11.0 Å². The van der Waals surface area contributed by atoms with E-state index in [4.69, 9.17) is 4.98 Å². The molecule has 0 bridgehead atoms. The Morgan fingerprint density at radius 3 is 2.11 bits per heavy atom. The molecule has 0 saturated heterocycles. The smallest absolute Gasteiger partial charge is 0.146 e. The van der Waals surface area contributed by atoms with E-state index in [9.17, 15) is 0 Å². The van der Waals surface area contributed by atoms with Gasteiger partial charge in [0.2, 0.25) is 0 Å². The number of pyridine rings is 1. The molecule has 0 aliphatic heterocycles. The van der Waals surface area contributed by atoms with Crippen molar-refractivity contribution in [3.05, 3.63) is 148 Å². The van der Waals surface area contributed by atoms with E-state index in [-0.39, 0.29) is 10.8 Å². The first-order valence-electron chi connectivity index (χ1n) is 16.4. The van der Waals surface area contributed by atoms with Gasteiger partial charge in [0.1, 0.15) is 5.82 Å². The molecular formula is C44H42N2. The molecule has 2 aliphatic carbocycles. The van der Waals surface area contributed by atoms with Crippen LogP contribution in [0.5, 0.6) is 0 Å². The van der Waals surface area contributed by atoms with Crippen molar-refractivity contribution in [2.75, 3.05) is 4.90 Å². The van der Waals surface area contributed by atoms with Crippen LogP contribution < -0.4 is 15.5 Å². The van der Waals surface area contributed by atoms with Crippen LogP contribution in [0.3, 0.4) is 0 Å². The number of allylic oxidation sites excluding steroid dienone is 5. The zero-order valence-corrected chi connectivity index (χ0v) is 28.1. The first-order chi connectivity index (χ1) is 22.2. The van der Waals surface area contributed by atoms with Crippen molar-refractivity contribution in [2.45, 2.75) is 59.3 Å². The summed E-state index contributed by atoms with van der Waals surface area (Å²) in [5, 5.41) is 4.49. The van der Waals surface area contributed by atoms with Gasteiger partial charge >= 0.3 is 0 Å². The van der Waals surface area contributed by atoms with Gasteiger partial charge in [-0.15, -0.1) is 0 Å². The molecule has 0 spiro atoms. The van der Waals surface area contributed by atoms with Crippen molar-refractivity contribution in [1.29, 1.82) is 0 Å². The third kappa shape index (κ3) is 4.13. The highest BCUT2D eigenvalue weighted by atomic mass is 15.2. The summed E-state index contributed by atoms with van der Waals surface area (Å²) in [7, 11) is 0. The first-order valence-corrected chi connectivity index (χ1v) is 16.4. The van der Waals surface area contributed by atoms with E-state index in [1.165, 1.54) is 55.1 Å². The van der Waals surface area contributed by atoms with Crippen LogP contribution in [0.15, 0.2) is 115 Å². The lowest BCUT2D eigenvalue weighted by molar-refractivity contribution is 0.660. The summed E-state index contributed by atoms with van der Waals surface area (Å²) in [5.74, 6) is 0.939. The number of aromatic nitrogens is 1. The Balaban J connectivity index is 1.61. The summed E-state index contributed by atoms with van der Waals surface area (Å²) in [6, 6.07) is 31.4. The zero-order valence-electron chi connectivity index (χ0n) is 28.1. The van der Waals surface area contributed by atoms with Gasteiger partial charge in [0.15, 0.2) is 0 Å². The van der Waals surface area contributed by atoms with Crippen molar-refractivity contribution in [2.24, 2.45) is 0 Å². The highest BCUT2D eigenvalue weighted by Crippen LogP contribution is 2.56. The molecule has 0 N–H and O–H groups in total. The summed E-state index contributed by atoms with van der Waals surface area (Å²) in [6.45, 7) is 19.7. The normalized spacial score (nSPS) is 18.2. The quantitative estimate of drug-likeness (QED) is 0.205. The van der Waals surface area contributed by atoms with E-state index in [0.29, 0.717) is 0 Å². The Labute approximate surface area is 273 Å². The highest BCUT2D eigenvalue weighted by Gasteiger charge is 2.40. The average molecular weight is 599 g/mol. The van der Waals surface area contributed by atoms with Crippen LogP contribution >= 0.6 is 0 Å². The van der Waals surface area contributed by atoms with Crippen LogP contribution in [0.4, 0.5) is 17.2 Å². The Morgan fingerprint density at radius 2 is 1.39 bits per heavy atom. The molecule has 2 nitrogen and oxygen atoms in total. The summed E-state index contributed by atoms with van der Waals surface area (Å²) in [5.41, 5.74) is 12.4. The van der Waals surface area contributed by atoms with Crippen molar-refractivity contribution >= 4 is 45.7 Å². The average Bonchev–Trinajstić information content (AvgIpc) is 3.44. The largest absolute Gasteiger partial charge is 0.294 e. The Morgan fingerprint density at radius 1 is 0.674 bits per heavy atom. The molecular weight excluding hydrogens is 556 g/mol. The van der Waals surface area contributed by atoms with Gasteiger partial charge in [0, 0.05) is 32.7 Å². The van der Waals surface area contributed by atoms with Gasteiger partial charge in [-0.05, 0) is 83.3 Å². The minimum Gasteiger partial charge on any atom is -0.294 e. The minimum absolute atomic E-state index is 0.113. The zero-order chi connectivity index (χ0) is 32.4. The second-order valence-electron chi connectivity index (χ2n) is 13.4. The van der Waals surface area contributed by atoms with Crippen LogP contribution in [-0.2, 0) is 10.8 Å². The molecule has 5 aromatic rings. The molecule has 2 heteroatoms. The summed E-state index contributed by atoms with van der Waals surface area (Å²) >= 11 is 0. The van der Waals surface area contributed by atoms with Crippen LogP contribution in [0.25, 0.3) is 39.6 Å². The van der Waals surface area contributed by atoms with Gasteiger partial charge in [-0.25, -0.2) is 4.98 Å². The Kier molecular flexibility index (Phi) is 7.01. The Hall–Kier alpha value is -4.95. The number of fused-ring (bicyclic) bond motifs is 5. The van der Waals surface area contributed by atoms with E-state index in [1.807, 2.05) is 6.08 Å². The third-order valence-corrected chi connectivity index (χ3v) is 10.3. The predicted octanol–water partition coefficient (Wildman–Crippen LogP) is 10.4. The molecule has 46 heavy (non-hydrogen) atoms. The summed E-state index contributed by atoms with van der Waals surface area (Å²) < 4.78 is 0. The number of anilines is 3. The number of hydrogen-bond donors (Lipinski definition) is 0. The fourth-order valence-corrected chi connectivity index (χ4v) is 8.05. The first kappa shape index (κ1) is 29.7. The SMILES string of the molecule is C=CC=C1/C(=C\C)c2ccc(N(c3cccc4c3-c3ccccc3C4(C)C)c3nc(=C/C)/c(=C\C)c4ccccc34)cc2C1(C)C. The van der Waals surface area contributed by atoms with E-state index in [0.717, 1.165) is 27.9 Å². The Bertz CT molecular complexity index is 2260. The van der Waals surface area contributed by atoms with Crippen LogP contribution in [-0.4, -0.2) is 4.98 Å². The molecule has 0 saturated carbocycles. The minimum atomic E-state index is -0.181. The molecule has 1 heterocycles. The van der Waals surface area contributed by atoms with Gasteiger partial charge in [-0.3, -0.25) is 4.90 Å². The van der Waals surface area contributed by atoms with E-state index < -0.39 is 0 Å². The molecule has 0 atom stereocenters. The molecule has 1 aromatic heterocycles. The lowest BCUT2D eigenvalue weighted by Gasteiger charge is -2.30. The number of nitrogens with zero attached hydrogens (tertiary/aromatic N) is 2. The highest BCUT2D eigenvalue weighted by molar-refractivity contribution is 6.02. The lowest BCUT2D eigenvalue weighted by Crippen LogP contribution is -2.31. The fourth-order valence-electron chi connectivity index (χ4n) is 8.05. The third-order valence-electron chi connectivity index (χ3n) is 10.3. The maximum absolute atomic E-state index is 5.47. The van der Waals surface area contributed by atoms with Crippen molar-refractivity contribution in [3.63, 3.8) is 0 Å². The van der Waals surface area contributed by atoms with Crippen molar-refractivity contribution in [1.82, 2.24) is 4.98 Å². The van der Waals surface area contributed by atoms with Gasteiger partial charge in [-0.2, -0.15) is 0 Å². The van der Waals surface area contributed by atoms with Crippen LogP contribution in [0, 0.1) is 0 Å². The molecule has 0 amide bonds. The summed E-state index contributed by atoms with van der Waals surface area (Å²) in [4.78, 5) is 7.89. The number of hydrogen-bond acceptors (Lipinski definition) is 2. The van der Waals surface area contributed by atoms with Crippen molar-refractivity contribution in [3.8, 4) is 11.1 Å². The second-order valence-corrected chi connectivity index (χ2v) is 13.4. The molecule has 7 rings (SSSR count). The van der Waals surface area contributed by atoms with Gasteiger partial charge < -0.3 is 0 Å². The lowest BCUT2D eigenvalue weighted by atomic mass is 9.81. The van der Waals surface area contributed by atoms with Gasteiger partial charge in [-0.1, -0.05) is 131 Å². The number of rotatable bonds is 4. The van der Waals surface area contributed by atoms with Crippen molar-refractivity contribution < 1.29 is 0 Å². The standard InChI is InChI=1S/C44H42N2/c1-9-18-35-29(10-2)32-26-25-28(27-38(32)44(35,7)8)46(42-33-20-14-13-19-31(33)30(11-3)39(12-4)45-42)40-24-17-23-37-41(40)34-21-15-16-22-36(34)43(37,5)6/h9-27H,1H2,2-8H3/b29-10-,30-11-,35-18?,39-12+. The van der Waals surface area contributed by atoms with E-state index in [2.05, 4.69) is 169 Å². The van der Waals surface area contributed by atoms with Gasteiger partial charge in [0.25, 0.3) is 0 Å².